The maximum absolute atomic E-state index is 12.7. The molecular weight excluding hydrogens is 416 g/mol. The highest BCUT2D eigenvalue weighted by molar-refractivity contribution is 8.14. The zero-order valence-electron chi connectivity index (χ0n) is 16.6. The summed E-state index contributed by atoms with van der Waals surface area (Å²) in [7, 11) is 0. The topological polar surface area (TPSA) is 66.4 Å². The average molecular weight is 437 g/mol. The van der Waals surface area contributed by atoms with Crippen LogP contribution in [0.25, 0.3) is 0 Å². The Bertz CT molecular complexity index is 1120. The van der Waals surface area contributed by atoms with Crippen molar-refractivity contribution in [2.45, 2.75) is 19.9 Å². The minimum Gasteiger partial charge on any atom is -0.335 e. The molecule has 1 aliphatic heterocycles. The van der Waals surface area contributed by atoms with Gasteiger partial charge in [0.25, 0.3) is 5.91 Å². The van der Waals surface area contributed by atoms with E-state index < -0.39 is 0 Å². The van der Waals surface area contributed by atoms with Gasteiger partial charge in [-0.05, 0) is 66.9 Å². The van der Waals surface area contributed by atoms with E-state index in [1.807, 2.05) is 56.3 Å². The number of halogens is 1. The van der Waals surface area contributed by atoms with Gasteiger partial charge in [0.15, 0.2) is 5.17 Å². The smallest absolute Gasteiger partial charge is 0.255 e. The Kier molecular flexibility index (Phi) is 6.06. The number of rotatable bonds is 4. The van der Waals surface area contributed by atoms with Crippen LogP contribution >= 0.6 is 23.4 Å². The molecule has 2 N–H and O–H groups in total. The molecule has 2 aromatic carbocycles. The summed E-state index contributed by atoms with van der Waals surface area (Å²) in [5.41, 5.74) is 5.26. The fourth-order valence-corrected chi connectivity index (χ4v) is 4.23. The van der Waals surface area contributed by atoms with E-state index in [1.165, 1.54) is 0 Å². The molecule has 7 heteroatoms. The molecule has 1 unspecified atom stereocenters. The van der Waals surface area contributed by atoms with Gasteiger partial charge in [-0.2, -0.15) is 0 Å². The monoisotopic (exact) mass is 436 g/mol. The van der Waals surface area contributed by atoms with Gasteiger partial charge in [-0.15, -0.1) is 0 Å². The second-order valence-corrected chi connectivity index (χ2v) is 8.53. The first-order valence-electron chi connectivity index (χ1n) is 9.55. The summed E-state index contributed by atoms with van der Waals surface area (Å²) in [5, 5.41) is 7.76. The quantitative estimate of drug-likeness (QED) is 0.537. The minimum atomic E-state index is -0.186. The number of aryl methyl sites for hydroxylation is 2. The summed E-state index contributed by atoms with van der Waals surface area (Å²) in [6, 6.07) is 15.2. The predicted molar refractivity (Wildman–Crippen MR) is 126 cm³/mol. The third kappa shape index (κ3) is 4.66. The highest BCUT2D eigenvalue weighted by atomic mass is 35.5. The molecule has 152 valence electrons. The van der Waals surface area contributed by atoms with Gasteiger partial charge in [0, 0.05) is 40.1 Å². The van der Waals surface area contributed by atoms with E-state index >= 15 is 0 Å². The van der Waals surface area contributed by atoms with E-state index in [2.05, 4.69) is 15.6 Å². The highest BCUT2D eigenvalue weighted by Gasteiger charge is 2.20. The van der Waals surface area contributed by atoms with Gasteiger partial charge in [0.05, 0.1) is 6.04 Å². The van der Waals surface area contributed by atoms with Crippen LogP contribution in [0.4, 0.5) is 11.4 Å². The Labute approximate surface area is 185 Å². The van der Waals surface area contributed by atoms with Gasteiger partial charge >= 0.3 is 0 Å². The molecule has 1 amide bonds. The number of aliphatic imine (C=N–C) groups is 1. The van der Waals surface area contributed by atoms with Crippen molar-refractivity contribution in [2.24, 2.45) is 4.99 Å². The number of nitrogens with zero attached hydrogens (tertiary/aromatic N) is 2. The number of hydrogen-bond donors (Lipinski definition) is 2. The van der Waals surface area contributed by atoms with Crippen LogP contribution in [0.3, 0.4) is 0 Å². The highest BCUT2D eigenvalue weighted by Crippen LogP contribution is 2.31. The third-order valence-electron chi connectivity index (χ3n) is 4.91. The lowest BCUT2D eigenvalue weighted by atomic mass is 10.1. The maximum Gasteiger partial charge on any atom is 0.255 e. The molecule has 5 nitrogen and oxygen atoms in total. The summed E-state index contributed by atoms with van der Waals surface area (Å²) < 4.78 is 0. The molecule has 0 bridgehead atoms. The number of carbonyl (C=O) groups excluding carboxylic acids is 1. The van der Waals surface area contributed by atoms with Gasteiger partial charge in [0.2, 0.25) is 0 Å². The molecule has 4 rings (SSSR count). The summed E-state index contributed by atoms with van der Waals surface area (Å²) in [6.07, 6.45) is 3.57. The number of thioether (sulfide) groups is 1. The van der Waals surface area contributed by atoms with Crippen LogP contribution < -0.4 is 10.6 Å². The standard InChI is InChI=1S/C23H21ClN4OS/c1-14-4-6-18(12-19(14)24)26-22(29)17-5-3-15(2)20(11-17)27-23-28-21(13-30-23)16-7-9-25-10-8-16/h3-12,21H,13H2,1-2H3,(H,26,29)(H,27,28). The summed E-state index contributed by atoms with van der Waals surface area (Å²) in [4.78, 5) is 21.6. The number of pyridine rings is 1. The second-order valence-electron chi connectivity index (χ2n) is 7.11. The Morgan fingerprint density at radius 3 is 2.60 bits per heavy atom. The van der Waals surface area contributed by atoms with Gasteiger partial charge in [-0.25, -0.2) is 0 Å². The van der Waals surface area contributed by atoms with E-state index in [1.54, 1.807) is 30.2 Å². The normalized spacial score (nSPS) is 15.6. The summed E-state index contributed by atoms with van der Waals surface area (Å²) in [5.74, 6) is 0.688. The van der Waals surface area contributed by atoms with E-state index in [-0.39, 0.29) is 11.9 Å². The van der Waals surface area contributed by atoms with Crippen molar-refractivity contribution in [3.63, 3.8) is 0 Å². The number of benzene rings is 2. The molecule has 0 saturated carbocycles. The number of aromatic nitrogens is 1. The summed E-state index contributed by atoms with van der Waals surface area (Å²) >= 11 is 7.83. The number of carbonyl (C=O) groups is 1. The van der Waals surface area contributed by atoms with Crippen molar-refractivity contribution in [3.05, 3.63) is 88.2 Å². The van der Waals surface area contributed by atoms with E-state index in [4.69, 9.17) is 16.6 Å². The van der Waals surface area contributed by atoms with E-state index in [0.29, 0.717) is 16.3 Å². The van der Waals surface area contributed by atoms with Gasteiger partial charge in [-0.3, -0.25) is 14.8 Å². The lowest BCUT2D eigenvalue weighted by Crippen LogP contribution is -2.13. The largest absolute Gasteiger partial charge is 0.335 e. The van der Waals surface area contributed by atoms with Crippen molar-refractivity contribution < 1.29 is 4.79 Å². The zero-order chi connectivity index (χ0) is 21.1. The van der Waals surface area contributed by atoms with Crippen LogP contribution in [0.15, 0.2) is 65.9 Å². The molecule has 0 spiro atoms. The van der Waals surface area contributed by atoms with Crippen LogP contribution in [0.2, 0.25) is 5.02 Å². The van der Waals surface area contributed by atoms with Crippen LogP contribution in [0.1, 0.15) is 33.1 Å². The second kappa shape index (κ2) is 8.90. The molecule has 1 aromatic heterocycles. The molecule has 1 aliphatic rings. The maximum atomic E-state index is 12.7. The van der Waals surface area contributed by atoms with Crippen molar-refractivity contribution >= 4 is 45.8 Å². The Hall–Kier alpha value is -2.83. The average Bonchev–Trinajstić information content (AvgIpc) is 3.21. The first-order valence-corrected chi connectivity index (χ1v) is 10.9. The van der Waals surface area contributed by atoms with Crippen LogP contribution in [0, 0.1) is 13.8 Å². The minimum absolute atomic E-state index is 0.110. The van der Waals surface area contributed by atoms with E-state index in [9.17, 15) is 4.79 Å². The SMILES string of the molecule is Cc1ccc(NC(=O)c2ccc(C)c(NC3=NC(c4ccncc4)CS3)c2)cc1Cl. The van der Waals surface area contributed by atoms with Crippen molar-refractivity contribution in [3.8, 4) is 0 Å². The Morgan fingerprint density at radius 1 is 1.07 bits per heavy atom. The van der Waals surface area contributed by atoms with Crippen molar-refractivity contribution in [1.82, 2.24) is 4.98 Å². The van der Waals surface area contributed by atoms with E-state index in [0.717, 1.165) is 33.3 Å². The zero-order valence-corrected chi connectivity index (χ0v) is 18.2. The van der Waals surface area contributed by atoms with Crippen molar-refractivity contribution in [2.75, 3.05) is 16.4 Å². The molecule has 0 saturated heterocycles. The number of hydrogen-bond acceptors (Lipinski definition) is 5. The number of amides is 1. The summed E-state index contributed by atoms with van der Waals surface area (Å²) in [6.45, 7) is 3.93. The number of nitrogens with one attached hydrogen (secondary N) is 2. The van der Waals surface area contributed by atoms with Gasteiger partial charge in [-0.1, -0.05) is 35.5 Å². The Balaban J connectivity index is 1.49. The fourth-order valence-electron chi connectivity index (χ4n) is 3.09. The predicted octanol–water partition coefficient (Wildman–Crippen LogP) is 5.86. The van der Waals surface area contributed by atoms with Gasteiger partial charge < -0.3 is 10.6 Å². The molecule has 3 aromatic rings. The first-order chi connectivity index (χ1) is 14.5. The molecule has 0 radical (unpaired) electrons. The lowest BCUT2D eigenvalue weighted by molar-refractivity contribution is 0.102. The van der Waals surface area contributed by atoms with Gasteiger partial charge in [0.1, 0.15) is 0 Å². The molecule has 1 atom stereocenters. The van der Waals surface area contributed by atoms with Crippen LogP contribution in [-0.4, -0.2) is 21.8 Å². The lowest BCUT2D eigenvalue weighted by Gasteiger charge is -2.12. The Morgan fingerprint density at radius 2 is 1.83 bits per heavy atom. The molecule has 2 heterocycles. The fraction of sp³-hybridized carbons (Fsp3) is 0.174. The molecule has 30 heavy (non-hydrogen) atoms. The van der Waals surface area contributed by atoms with Crippen molar-refractivity contribution in [1.29, 1.82) is 0 Å². The molecule has 0 fully saturated rings. The first kappa shape index (κ1) is 20.4. The number of amidine groups is 1. The third-order valence-corrected chi connectivity index (χ3v) is 6.28. The molecular formula is C23H21ClN4OS. The van der Waals surface area contributed by atoms with Crippen LogP contribution in [0.5, 0.6) is 0 Å². The van der Waals surface area contributed by atoms with Crippen LogP contribution in [-0.2, 0) is 0 Å². The molecule has 0 aliphatic carbocycles. The number of anilines is 2.